The molecular weight excluding hydrogens is 627 g/mol. The maximum atomic E-state index is 12.6. The predicted octanol–water partition coefficient (Wildman–Crippen LogP) is 0.712. The van der Waals surface area contributed by atoms with Crippen molar-refractivity contribution in [3.8, 4) is 0 Å². The quantitative estimate of drug-likeness (QED) is 0.0449. The number of carbonyl (C=O) groups is 5. The summed E-state index contributed by atoms with van der Waals surface area (Å²) in [6, 6.07) is 6.14. The number of hydrogen-bond donors (Lipinski definition) is 5. The molecule has 0 aliphatic carbocycles. The number of amidine groups is 1. The number of esters is 1. The Bertz CT molecular complexity index is 1040. The summed E-state index contributed by atoms with van der Waals surface area (Å²) in [6.45, 7) is -0.386. The minimum atomic E-state index is -0.777. The fourth-order valence-electron chi connectivity index (χ4n) is 3.41. The first-order chi connectivity index (χ1) is 18.1. The lowest BCUT2D eigenvalue weighted by Gasteiger charge is -2.15. The van der Waals surface area contributed by atoms with Gasteiger partial charge in [0.1, 0.15) is 6.54 Å². The number of nitrogens with zero attached hydrogens (tertiary/aromatic N) is 1. The molecule has 1 aromatic carbocycles. The molecule has 1 fully saturated rings. The number of halogens is 1. The molecule has 12 nitrogen and oxygen atoms in total. The molecule has 0 saturated carbocycles. The van der Waals surface area contributed by atoms with Crippen molar-refractivity contribution in [2.24, 2.45) is 11.5 Å². The van der Waals surface area contributed by atoms with Gasteiger partial charge in [-0.15, -0.1) is 11.8 Å². The van der Waals surface area contributed by atoms with Crippen molar-refractivity contribution in [2.45, 2.75) is 49.8 Å². The van der Waals surface area contributed by atoms with E-state index in [0.717, 1.165) is 21.3 Å². The fourth-order valence-corrected chi connectivity index (χ4v) is 5.08. The number of likely N-dealkylation sites (tertiary alicyclic amines) is 1. The zero-order chi connectivity index (χ0) is 28.1. The summed E-state index contributed by atoms with van der Waals surface area (Å²) in [5.41, 5.74) is 11.6. The topological polar surface area (TPSA) is 198 Å². The Morgan fingerprint density at radius 1 is 1.24 bits per heavy atom. The van der Waals surface area contributed by atoms with Crippen LogP contribution >= 0.6 is 34.4 Å². The molecule has 38 heavy (non-hydrogen) atoms. The van der Waals surface area contributed by atoms with Crippen molar-refractivity contribution in [3.63, 3.8) is 0 Å². The summed E-state index contributed by atoms with van der Waals surface area (Å²) in [5.74, 6) is -2.00. The number of amides is 4. The molecule has 0 radical (unpaired) electrons. The van der Waals surface area contributed by atoms with E-state index in [4.69, 9.17) is 21.6 Å². The van der Waals surface area contributed by atoms with E-state index >= 15 is 0 Å². The smallest absolute Gasteiger partial charge is 0.327 e. The first-order valence-corrected chi connectivity index (χ1v) is 14.2. The van der Waals surface area contributed by atoms with Gasteiger partial charge in [0.15, 0.2) is 6.73 Å². The summed E-state index contributed by atoms with van der Waals surface area (Å²) >= 11 is 3.34. The third-order valence-corrected chi connectivity index (χ3v) is 7.47. The van der Waals surface area contributed by atoms with Crippen molar-refractivity contribution >= 4 is 69.8 Å². The minimum absolute atomic E-state index is 0.0176. The molecule has 1 aromatic rings. The van der Waals surface area contributed by atoms with Gasteiger partial charge in [0.2, 0.25) is 17.7 Å². The van der Waals surface area contributed by atoms with E-state index in [-0.39, 0.29) is 18.7 Å². The van der Waals surface area contributed by atoms with Gasteiger partial charge in [0, 0.05) is 22.0 Å². The molecule has 1 aliphatic heterocycles. The molecule has 1 heterocycles. The van der Waals surface area contributed by atoms with Crippen LogP contribution in [0.2, 0.25) is 0 Å². The van der Waals surface area contributed by atoms with Gasteiger partial charge in [-0.25, -0.2) is 4.90 Å². The molecule has 1 aliphatic rings. The average Bonchev–Trinajstić information content (AvgIpc) is 3.15. The summed E-state index contributed by atoms with van der Waals surface area (Å²) in [6.07, 6.45) is 2.81. The third kappa shape index (κ3) is 10.7. The molecule has 0 bridgehead atoms. The second-order valence-electron chi connectivity index (χ2n) is 8.52. The zero-order valence-corrected chi connectivity index (χ0v) is 23.8. The van der Waals surface area contributed by atoms with Crippen LogP contribution < -0.4 is 22.1 Å². The molecule has 1 saturated heterocycles. The number of rotatable bonds is 15. The first kappa shape index (κ1) is 31.7. The zero-order valence-electron chi connectivity index (χ0n) is 20.9. The molecule has 4 amide bonds. The summed E-state index contributed by atoms with van der Waals surface area (Å²) in [7, 11) is 0. The molecule has 2 atom stereocenters. The van der Waals surface area contributed by atoms with Gasteiger partial charge in [-0.3, -0.25) is 29.4 Å². The SMILES string of the molecule is N=C(CCCSC1CC(=O)N(COC(=O)CNC(=O)c2cccc(I)c2)C1=O)NC(=O)[C@@H](N)CCCCN. The Morgan fingerprint density at radius 2 is 2.00 bits per heavy atom. The Morgan fingerprint density at radius 3 is 2.71 bits per heavy atom. The molecule has 0 spiro atoms. The van der Waals surface area contributed by atoms with E-state index in [2.05, 4.69) is 33.2 Å². The van der Waals surface area contributed by atoms with Crippen molar-refractivity contribution in [2.75, 3.05) is 25.6 Å². The number of unbranched alkanes of at least 4 members (excludes halogenated alkanes) is 1. The summed E-state index contributed by atoms with van der Waals surface area (Å²) < 4.78 is 5.88. The number of thioether (sulfide) groups is 1. The van der Waals surface area contributed by atoms with Gasteiger partial charge in [0.05, 0.1) is 17.1 Å². The molecule has 0 aromatic heterocycles. The van der Waals surface area contributed by atoms with Crippen molar-refractivity contribution in [3.05, 3.63) is 33.4 Å². The lowest BCUT2D eigenvalue weighted by molar-refractivity contribution is -0.154. The van der Waals surface area contributed by atoms with Crippen LogP contribution in [0.4, 0.5) is 0 Å². The number of imide groups is 1. The van der Waals surface area contributed by atoms with Crippen LogP contribution in [0.15, 0.2) is 24.3 Å². The predicted molar refractivity (Wildman–Crippen MR) is 151 cm³/mol. The summed E-state index contributed by atoms with van der Waals surface area (Å²) in [5, 5.41) is 12.2. The van der Waals surface area contributed by atoms with Crippen LogP contribution in [0.1, 0.15) is 48.9 Å². The number of ether oxygens (including phenoxy) is 1. The van der Waals surface area contributed by atoms with Gasteiger partial charge in [0.25, 0.3) is 5.91 Å². The third-order valence-electron chi connectivity index (χ3n) is 5.51. The maximum Gasteiger partial charge on any atom is 0.327 e. The van der Waals surface area contributed by atoms with Crippen LogP contribution in [-0.4, -0.2) is 77.2 Å². The number of hydrogen-bond acceptors (Lipinski definition) is 10. The summed E-state index contributed by atoms with van der Waals surface area (Å²) in [4.78, 5) is 61.8. The Kier molecular flexibility index (Phi) is 13.7. The van der Waals surface area contributed by atoms with Crippen LogP contribution in [0.3, 0.4) is 0 Å². The second-order valence-corrected chi connectivity index (χ2v) is 11.1. The second kappa shape index (κ2) is 16.4. The van der Waals surface area contributed by atoms with Crippen LogP contribution in [-0.2, 0) is 23.9 Å². The van der Waals surface area contributed by atoms with Gasteiger partial charge >= 0.3 is 5.97 Å². The highest BCUT2D eigenvalue weighted by atomic mass is 127. The average molecular weight is 661 g/mol. The Balaban J connectivity index is 1.65. The maximum absolute atomic E-state index is 12.6. The largest absolute Gasteiger partial charge is 0.442 e. The van der Waals surface area contributed by atoms with Crippen molar-refractivity contribution < 1.29 is 28.7 Å². The normalized spacial score (nSPS) is 15.8. The minimum Gasteiger partial charge on any atom is -0.442 e. The lowest BCUT2D eigenvalue weighted by atomic mass is 10.1. The fraction of sp³-hybridized carbons (Fsp3) is 0.500. The molecule has 7 N–H and O–H groups in total. The van der Waals surface area contributed by atoms with Crippen molar-refractivity contribution in [1.29, 1.82) is 5.41 Å². The van der Waals surface area contributed by atoms with Gasteiger partial charge < -0.3 is 26.8 Å². The molecule has 14 heteroatoms. The highest BCUT2D eigenvalue weighted by Crippen LogP contribution is 2.26. The highest BCUT2D eigenvalue weighted by molar-refractivity contribution is 14.1. The number of nitrogens with two attached hydrogens (primary N) is 2. The van der Waals surface area contributed by atoms with E-state index in [9.17, 15) is 24.0 Å². The monoisotopic (exact) mass is 660 g/mol. The first-order valence-electron chi connectivity index (χ1n) is 12.1. The highest BCUT2D eigenvalue weighted by Gasteiger charge is 2.39. The van der Waals surface area contributed by atoms with E-state index in [1.807, 2.05) is 6.07 Å². The standard InChI is InChI=1S/C24H33IN6O6S/c25-16-6-3-5-15(11-16)22(34)29-13-21(33)37-14-31-20(32)12-18(24(31)36)38-10-4-8-19(28)30-23(35)17(27)7-1-2-9-26/h3,5-6,11,17-18H,1-2,4,7-10,12-14,26-27H2,(H,29,34)(H2,28,30,35)/t17-,18?/m0/s1. The Hall–Kier alpha value is -2.56. The van der Waals surface area contributed by atoms with E-state index in [1.165, 1.54) is 11.8 Å². The van der Waals surface area contributed by atoms with Crippen LogP contribution in [0.25, 0.3) is 0 Å². The van der Waals surface area contributed by atoms with Gasteiger partial charge in [-0.1, -0.05) is 12.5 Å². The van der Waals surface area contributed by atoms with Crippen molar-refractivity contribution in [1.82, 2.24) is 15.5 Å². The lowest BCUT2D eigenvalue weighted by Crippen LogP contribution is -2.43. The van der Waals surface area contributed by atoms with E-state index in [0.29, 0.717) is 30.7 Å². The van der Waals surface area contributed by atoms with E-state index < -0.39 is 54.2 Å². The van der Waals surface area contributed by atoms with Crippen LogP contribution in [0.5, 0.6) is 0 Å². The molecule has 2 rings (SSSR count). The van der Waals surface area contributed by atoms with Gasteiger partial charge in [-0.2, -0.15) is 0 Å². The van der Waals surface area contributed by atoms with E-state index in [1.54, 1.807) is 18.2 Å². The number of nitrogens with one attached hydrogen (secondary N) is 3. The Labute approximate surface area is 239 Å². The number of benzene rings is 1. The van der Waals surface area contributed by atoms with Gasteiger partial charge in [-0.05, 0) is 72.4 Å². The van der Waals surface area contributed by atoms with Crippen LogP contribution in [0, 0.1) is 8.98 Å². The molecule has 208 valence electrons. The molecule has 1 unspecified atom stereocenters. The molecular formula is C24H33IN6O6S. The number of carbonyl (C=O) groups excluding carboxylic acids is 5.